The summed E-state index contributed by atoms with van der Waals surface area (Å²) >= 11 is 7.70. The fourth-order valence-electron chi connectivity index (χ4n) is 3.77. The second kappa shape index (κ2) is 8.62. The summed E-state index contributed by atoms with van der Waals surface area (Å²) in [5, 5.41) is 11.7. The number of nitriles is 1. The van der Waals surface area contributed by atoms with E-state index in [4.69, 9.17) is 26.1 Å². The molecule has 5 rings (SSSR count). The van der Waals surface area contributed by atoms with Crippen LogP contribution in [0.5, 0.6) is 11.5 Å². The maximum absolute atomic E-state index is 10.2. The van der Waals surface area contributed by atoms with Crippen LogP contribution in [-0.4, -0.2) is 23.8 Å². The molecule has 0 aliphatic rings. The third-order valence-electron chi connectivity index (χ3n) is 5.41. The van der Waals surface area contributed by atoms with Crippen molar-refractivity contribution < 1.29 is 9.47 Å². The van der Waals surface area contributed by atoms with Gasteiger partial charge in [-0.2, -0.15) is 5.26 Å². The van der Waals surface area contributed by atoms with Crippen LogP contribution < -0.4 is 9.47 Å². The highest BCUT2D eigenvalue weighted by Gasteiger charge is 2.24. The fourth-order valence-corrected chi connectivity index (χ4v) is 5.01. The highest BCUT2D eigenvalue weighted by Crippen LogP contribution is 2.41. The van der Waals surface area contributed by atoms with Crippen LogP contribution in [0.1, 0.15) is 5.56 Å². The van der Waals surface area contributed by atoms with Gasteiger partial charge in [-0.25, -0.2) is 4.98 Å². The summed E-state index contributed by atoms with van der Waals surface area (Å²) < 4.78 is 12.7. The van der Waals surface area contributed by atoms with Gasteiger partial charge in [0.15, 0.2) is 0 Å². The van der Waals surface area contributed by atoms with E-state index >= 15 is 0 Å². The van der Waals surface area contributed by atoms with Gasteiger partial charge in [-0.05, 0) is 72.8 Å². The van der Waals surface area contributed by atoms with Gasteiger partial charge in [-0.3, -0.25) is 4.57 Å². The van der Waals surface area contributed by atoms with Crippen molar-refractivity contribution in [3.63, 3.8) is 0 Å². The molecule has 2 aromatic heterocycles. The predicted molar refractivity (Wildman–Crippen MR) is 133 cm³/mol. The molecule has 0 saturated carbocycles. The van der Waals surface area contributed by atoms with E-state index in [1.807, 2.05) is 72.8 Å². The summed E-state index contributed by atoms with van der Waals surface area (Å²) in [6.07, 6.45) is 0. The first kappa shape index (κ1) is 21.1. The number of methoxy groups -OCH3 is 2. The molecule has 0 bridgehead atoms. The van der Waals surface area contributed by atoms with E-state index in [-0.39, 0.29) is 0 Å². The molecule has 3 aromatic carbocycles. The maximum Gasteiger partial charge on any atom is 0.130 e. The Labute approximate surface area is 200 Å². The molecule has 7 heteroatoms. The third-order valence-corrected chi connectivity index (χ3v) is 6.75. The molecule has 0 fully saturated rings. The molecule has 0 amide bonds. The number of hydrogen-bond donors (Lipinski definition) is 0. The summed E-state index contributed by atoms with van der Waals surface area (Å²) in [7, 11) is 3.27. The van der Waals surface area contributed by atoms with E-state index < -0.39 is 0 Å². The number of ether oxygens (including phenoxy) is 2. The van der Waals surface area contributed by atoms with Crippen LogP contribution in [-0.2, 0) is 0 Å². The molecular weight excluding hydrogens is 454 g/mol. The lowest BCUT2D eigenvalue weighted by atomic mass is 10.1. The monoisotopic (exact) mass is 471 g/mol. The molecule has 33 heavy (non-hydrogen) atoms. The van der Waals surface area contributed by atoms with Crippen molar-refractivity contribution in [1.29, 1.82) is 5.26 Å². The Balaban J connectivity index is 1.77. The van der Waals surface area contributed by atoms with Crippen LogP contribution in [0.25, 0.3) is 37.9 Å². The molecule has 0 saturated heterocycles. The maximum atomic E-state index is 10.2. The van der Waals surface area contributed by atoms with E-state index in [1.165, 1.54) is 0 Å². The minimum absolute atomic E-state index is 0.529. The highest BCUT2D eigenvalue weighted by molar-refractivity contribution is 7.21. The summed E-state index contributed by atoms with van der Waals surface area (Å²) in [5.41, 5.74) is 4.77. The number of benzene rings is 3. The molecule has 0 spiro atoms. The molecule has 0 atom stereocenters. The topological polar surface area (TPSA) is 60.1 Å². The van der Waals surface area contributed by atoms with E-state index in [1.54, 1.807) is 25.6 Å². The van der Waals surface area contributed by atoms with Crippen molar-refractivity contribution in [2.75, 3.05) is 14.2 Å². The Morgan fingerprint density at radius 2 is 1.42 bits per heavy atom. The van der Waals surface area contributed by atoms with Gasteiger partial charge in [0.25, 0.3) is 0 Å². The normalized spacial score (nSPS) is 10.8. The van der Waals surface area contributed by atoms with Crippen molar-refractivity contribution in [3.8, 4) is 45.1 Å². The average molecular weight is 472 g/mol. The molecule has 2 heterocycles. The SMILES string of the molecule is COc1ccc(-c2nc3c(C#N)c(-c4ccc(OC)cc4)n(-c4ccc(Cl)cc4)c3s2)cc1. The van der Waals surface area contributed by atoms with Crippen LogP contribution in [0.4, 0.5) is 0 Å². The third kappa shape index (κ3) is 3.72. The minimum atomic E-state index is 0.529. The van der Waals surface area contributed by atoms with Crippen molar-refractivity contribution in [2.24, 2.45) is 0 Å². The molecule has 0 N–H and O–H groups in total. The van der Waals surface area contributed by atoms with Gasteiger partial charge < -0.3 is 9.47 Å². The quantitative estimate of drug-likeness (QED) is 0.278. The zero-order valence-corrected chi connectivity index (χ0v) is 19.4. The van der Waals surface area contributed by atoms with E-state index in [2.05, 4.69) is 10.6 Å². The smallest absolute Gasteiger partial charge is 0.130 e. The number of halogens is 1. The first-order valence-electron chi connectivity index (χ1n) is 10.1. The van der Waals surface area contributed by atoms with Gasteiger partial charge >= 0.3 is 0 Å². The van der Waals surface area contributed by atoms with Gasteiger partial charge in [-0.15, -0.1) is 0 Å². The highest BCUT2D eigenvalue weighted by atomic mass is 35.5. The largest absolute Gasteiger partial charge is 0.497 e. The molecule has 0 aliphatic carbocycles. The first-order chi connectivity index (χ1) is 16.1. The Bertz CT molecular complexity index is 1480. The number of nitrogens with zero attached hydrogens (tertiary/aromatic N) is 3. The Kier molecular flexibility index (Phi) is 5.51. The number of aromatic nitrogens is 2. The van der Waals surface area contributed by atoms with Crippen molar-refractivity contribution >= 4 is 33.3 Å². The lowest BCUT2D eigenvalue weighted by Gasteiger charge is -2.12. The minimum Gasteiger partial charge on any atom is -0.497 e. The summed E-state index contributed by atoms with van der Waals surface area (Å²) in [4.78, 5) is 5.77. The summed E-state index contributed by atoms with van der Waals surface area (Å²) in [6.45, 7) is 0. The molecular formula is C26H18ClN3O2S. The zero-order chi connectivity index (χ0) is 22.9. The Morgan fingerprint density at radius 3 is 1.97 bits per heavy atom. The van der Waals surface area contributed by atoms with Gasteiger partial charge in [0.2, 0.25) is 0 Å². The lowest BCUT2D eigenvalue weighted by Crippen LogP contribution is -1.97. The van der Waals surface area contributed by atoms with Crippen LogP contribution in [0.2, 0.25) is 5.02 Å². The van der Waals surface area contributed by atoms with Gasteiger partial charge in [0.05, 0.1) is 19.9 Å². The standard InChI is InChI=1S/C26H18ClN3O2S/c1-31-20-11-3-16(4-12-20)24-22(15-28)23-26(30(24)19-9-7-18(27)8-10-19)33-25(29-23)17-5-13-21(32-2)14-6-17/h3-14H,1-2H3. The number of hydrogen-bond acceptors (Lipinski definition) is 5. The molecule has 5 aromatic rings. The molecule has 5 nitrogen and oxygen atoms in total. The summed E-state index contributed by atoms with van der Waals surface area (Å²) in [6, 6.07) is 25.4. The molecule has 162 valence electrons. The summed E-state index contributed by atoms with van der Waals surface area (Å²) in [5.74, 6) is 1.54. The number of thiazole rings is 1. The van der Waals surface area contributed by atoms with E-state index in [9.17, 15) is 5.26 Å². The van der Waals surface area contributed by atoms with Crippen LogP contribution in [0, 0.1) is 11.3 Å². The number of fused-ring (bicyclic) bond motifs is 1. The Morgan fingerprint density at radius 1 is 0.848 bits per heavy atom. The first-order valence-corrected chi connectivity index (χ1v) is 11.3. The average Bonchev–Trinajstić information content (AvgIpc) is 3.42. The van der Waals surface area contributed by atoms with Crippen LogP contribution in [0.3, 0.4) is 0 Å². The number of rotatable bonds is 5. The van der Waals surface area contributed by atoms with Gasteiger partial charge in [0, 0.05) is 21.8 Å². The van der Waals surface area contributed by atoms with Crippen LogP contribution >= 0.6 is 22.9 Å². The van der Waals surface area contributed by atoms with E-state index in [0.29, 0.717) is 16.1 Å². The second-order valence-corrected chi connectivity index (χ2v) is 8.69. The predicted octanol–water partition coefficient (Wildman–Crippen LogP) is 6.96. The molecule has 0 radical (unpaired) electrons. The lowest BCUT2D eigenvalue weighted by molar-refractivity contribution is 0.415. The van der Waals surface area contributed by atoms with E-state index in [0.717, 1.165) is 43.8 Å². The van der Waals surface area contributed by atoms with Gasteiger partial charge in [-0.1, -0.05) is 22.9 Å². The van der Waals surface area contributed by atoms with Crippen molar-refractivity contribution in [2.45, 2.75) is 0 Å². The van der Waals surface area contributed by atoms with Crippen molar-refractivity contribution in [1.82, 2.24) is 9.55 Å². The second-order valence-electron chi connectivity index (χ2n) is 7.28. The van der Waals surface area contributed by atoms with Gasteiger partial charge in [0.1, 0.15) is 38.5 Å². The van der Waals surface area contributed by atoms with Crippen molar-refractivity contribution in [3.05, 3.63) is 83.4 Å². The molecule has 0 unspecified atom stereocenters. The zero-order valence-electron chi connectivity index (χ0n) is 17.9. The Hall–Kier alpha value is -3.79. The van der Waals surface area contributed by atoms with Crippen LogP contribution in [0.15, 0.2) is 72.8 Å². The fraction of sp³-hybridized carbons (Fsp3) is 0.0769. The molecule has 0 aliphatic heterocycles.